The summed E-state index contributed by atoms with van der Waals surface area (Å²) >= 11 is 0. The highest BCUT2D eigenvalue weighted by molar-refractivity contribution is 6.05. The molecular weight excluding hydrogens is 472 g/mol. The maximum absolute atomic E-state index is 13.0. The number of carbonyl (C=O) groups is 3. The second-order valence-electron chi connectivity index (χ2n) is 9.90. The Kier molecular flexibility index (Phi) is 7.83. The fourth-order valence-corrected chi connectivity index (χ4v) is 5.24. The molecule has 0 saturated carbocycles. The van der Waals surface area contributed by atoms with Crippen molar-refractivity contribution in [2.75, 3.05) is 46.4 Å². The van der Waals surface area contributed by atoms with Gasteiger partial charge in [-0.05, 0) is 29.7 Å². The first-order valence-corrected chi connectivity index (χ1v) is 12.9. The van der Waals surface area contributed by atoms with Crippen LogP contribution in [0.1, 0.15) is 39.9 Å². The summed E-state index contributed by atoms with van der Waals surface area (Å²) < 4.78 is 11.3. The molecule has 0 unspecified atom stereocenters. The predicted octanol–water partition coefficient (Wildman–Crippen LogP) is 1.79. The van der Waals surface area contributed by atoms with Gasteiger partial charge in [0.15, 0.2) is 0 Å². The third-order valence-corrected chi connectivity index (χ3v) is 7.44. The lowest BCUT2D eigenvalue weighted by atomic mass is 10.0. The number of methoxy groups -OCH3 is 1. The van der Waals surface area contributed by atoms with Gasteiger partial charge in [-0.1, -0.05) is 30.3 Å². The Balaban J connectivity index is 1.15. The number of imide groups is 1. The molecule has 3 heterocycles. The topological polar surface area (TPSA) is 91.4 Å². The number of benzene rings is 2. The highest BCUT2D eigenvalue weighted by Crippen LogP contribution is 2.34. The zero-order valence-electron chi connectivity index (χ0n) is 21.3. The summed E-state index contributed by atoms with van der Waals surface area (Å²) in [5.41, 5.74) is 3.68. The third-order valence-electron chi connectivity index (χ3n) is 7.44. The molecule has 196 valence electrons. The van der Waals surface area contributed by atoms with Crippen LogP contribution in [-0.4, -0.2) is 84.9 Å². The number of hydrogen-bond acceptors (Lipinski definition) is 7. The number of nitrogens with zero attached hydrogens (tertiary/aromatic N) is 3. The number of amides is 3. The smallest absolute Gasteiger partial charge is 0.255 e. The molecule has 0 aliphatic carbocycles. The van der Waals surface area contributed by atoms with Crippen molar-refractivity contribution in [3.05, 3.63) is 64.7 Å². The van der Waals surface area contributed by atoms with E-state index in [1.165, 1.54) is 5.56 Å². The molecule has 2 aromatic carbocycles. The van der Waals surface area contributed by atoms with Crippen LogP contribution in [0.25, 0.3) is 0 Å². The second kappa shape index (κ2) is 11.4. The number of fused-ring (bicyclic) bond motifs is 1. The van der Waals surface area contributed by atoms with E-state index in [2.05, 4.69) is 39.4 Å². The van der Waals surface area contributed by atoms with Gasteiger partial charge < -0.3 is 14.4 Å². The molecule has 0 aromatic heterocycles. The van der Waals surface area contributed by atoms with Gasteiger partial charge in [-0.25, -0.2) is 0 Å². The van der Waals surface area contributed by atoms with Gasteiger partial charge in [-0.3, -0.25) is 29.5 Å². The molecule has 2 aromatic rings. The van der Waals surface area contributed by atoms with E-state index >= 15 is 0 Å². The lowest BCUT2D eigenvalue weighted by Gasteiger charge is -2.34. The minimum Gasteiger partial charge on any atom is -0.489 e. The summed E-state index contributed by atoms with van der Waals surface area (Å²) in [5.74, 6) is -0.246. The van der Waals surface area contributed by atoms with Crippen LogP contribution in [0.15, 0.2) is 42.5 Å². The summed E-state index contributed by atoms with van der Waals surface area (Å²) in [4.78, 5) is 43.3. The highest BCUT2D eigenvalue weighted by Gasteiger charge is 2.40. The van der Waals surface area contributed by atoms with E-state index in [1.54, 1.807) is 24.1 Å². The zero-order chi connectivity index (χ0) is 25.8. The SMILES string of the molecule is COCCN1CCN(Cc2ccc(COc3cccc4c3CN([C@H]3CCC(=O)NC3=O)C4=O)cc2)CC1. The zero-order valence-corrected chi connectivity index (χ0v) is 21.3. The van der Waals surface area contributed by atoms with Crippen LogP contribution in [0.2, 0.25) is 0 Å². The van der Waals surface area contributed by atoms with Crippen LogP contribution < -0.4 is 10.1 Å². The molecule has 3 aliphatic heterocycles. The Morgan fingerprint density at radius 2 is 1.68 bits per heavy atom. The van der Waals surface area contributed by atoms with Gasteiger partial charge >= 0.3 is 0 Å². The molecule has 9 heteroatoms. The van der Waals surface area contributed by atoms with Crippen LogP contribution in [0.3, 0.4) is 0 Å². The van der Waals surface area contributed by atoms with Crippen LogP contribution in [0.5, 0.6) is 5.75 Å². The van der Waals surface area contributed by atoms with Crippen LogP contribution in [0, 0.1) is 0 Å². The number of piperazine rings is 1. The van der Waals surface area contributed by atoms with Gasteiger partial charge in [-0.2, -0.15) is 0 Å². The molecule has 1 atom stereocenters. The van der Waals surface area contributed by atoms with Crippen molar-refractivity contribution < 1.29 is 23.9 Å². The molecule has 0 radical (unpaired) electrons. The third kappa shape index (κ3) is 5.84. The van der Waals surface area contributed by atoms with Crippen LogP contribution in [0.4, 0.5) is 0 Å². The first-order valence-electron chi connectivity index (χ1n) is 12.9. The number of rotatable bonds is 9. The number of hydrogen-bond donors (Lipinski definition) is 1. The molecule has 37 heavy (non-hydrogen) atoms. The molecule has 0 spiro atoms. The summed E-state index contributed by atoms with van der Waals surface area (Å²) in [5, 5.41) is 2.34. The number of piperidine rings is 1. The molecule has 9 nitrogen and oxygen atoms in total. The van der Waals surface area contributed by atoms with Crippen LogP contribution >= 0.6 is 0 Å². The Morgan fingerprint density at radius 3 is 2.41 bits per heavy atom. The maximum Gasteiger partial charge on any atom is 0.255 e. The van der Waals surface area contributed by atoms with Crippen LogP contribution in [-0.2, 0) is 34.0 Å². The standard InChI is InChI=1S/C28H34N4O5/c1-36-16-15-30-11-13-31(14-12-30)17-20-5-7-21(8-6-20)19-37-25-4-2-3-22-23(25)18-32(28(22)35)24-9-10-26(33)29-27(24)34/h2-8,24H,9-19H2,1H3,(H,29,33,34)/t24-/m0/s1. The Bertz CT molecular complexity index is 1140. The Hall–Kier alpha value is -3.27. The van der Waals surface area contributed by atoms with E-state index in [-0.39, 0.29) is 18.2 Å². The van der Waals surface area contributed by atoms with Gasteiger partial charge in [0.2, 0.25) is 11.8 Å². The van der Waals surface area contributed by atoms with E-state index in [4.69, 9.17) is 9.47 Å². The van der Waals surface area contributed by atoms with E-state index in [1.807, 2.05) is 6.07 Å². The first-order chi connectivity index (χ1) is 18.0. The summed E-state index contributed by atoms with van der Waals surface area (Å²) in [7, 11) is 1.75. The van der Waals surface area contributed by atoms with Crippen molar-refractivity contribution in [3.8, 4) is 5.75 Å². The second-order valence-corrected chi connectivity index (χ2v) is 9.90. The van der Waals surface area contributed by atoms with Gasteiger partial charge in [-0.15, -0.1) is 0 Å². The minimum absolute atomic E-state index is 0.196. The predicted molar refractivity (Wildman–Crippen MR) is 137 cm³/mol. The monoisotopic (exact) mass is 506 g/mol. The largest absolute Gasteiger partial charge is 0.489 e. The fourth-order valence-electron chi connectivity index (χ4n) is 5.24. The van der Waals surface area contributed by atoms with Crippen molar-refractivity contribution in [2.24, 2.45) is 0 Å². The van der Waals surface area contributed by atoms with E-state index < -0.39 is 11.9 Å². The highest BCUT2D eigenvalue weighted by atomic mass is 16.5. The number of nitrogens with one attached hydrogen (secondary N) is 1. The normalized spacial score (nSPS) is 20.7. The number of carbonyl (C=O) groups excluding carboxylic acids is 3. The maximum atomic E-state index is 13.0. The van der Waals surface area contributed by atoms with Gasteiger partial charge in [0.05, 0.1) is 13.2 Å². The van der Waals surface area contributed by atoms with Gasteiger partial charge in [0.25, 0.3) is 5.91 Å². The molecule has 0 bridgehead atoms. The molecule has 2 fully saturated rings. The average molecular weight is 507 g/mol. The van der Waals surface area contributed by atoms with Gasteiger partial charge in [0, 0.05) is 63.9 Å². The molecule has 1 N–H and O–H groups in total. The molecule has 3 aliphatic rings. The minimum atomic E-state index is -0.633. The Morgan fingerprint density at radius 1 is 0.946 bits per heavy atom. The van der Waals surface area contributed by atoms with Crippen molar-refractivity contribution >= 4 is 17.7 Å². The van der Waals surface area contributed by atoms with E-state index in [9.17, 15) is 14.4 Å². The van der Waals surface area contributed by atoms with E-state index in [0.29, 0.717) is 30.9 Å². The summed E-state index contributed by atoms with van der Waals surface area (Å²) in [6.07, 6.45) is 0.580. The quantitative estimate of drug-likeness (QED) is 0.519. The molecular formula is C28H34N4O5. The fraction of sp³-hybridized carbons (Fsp3) is 0.464. The number of ether oxygens (including phenoxy) is 2. The summed E-state index contributed by atoms with van der Waals surface area (Å²) in [6, 6.07) is 13.3. The van der Waals surface area contributed by atoms with Crippen molar-refractivity contribution in [1.29, 1.82) is 0 Å². The molecule has 3 amide bonds. The lowest BCUT2D eigenvalue weighted by Crippen LogP contribution is -2.52. The average Bonchev–Trinajstić information content (AvgIpc) is 3.24. The van der Waals surface area contributed by atoms with Crippen molar-refractivity contribution in [3.63, 3.8) is 0 Å². The summed E-state index contributed by atoms with van der Waals surface area (Å²) in [6.45, 7) is 7.65. The lowest BCUT2D eigenvalue weighted by molar-refractivity contribution is -0.136. The molecule has 5 rings (SSSR count). The van der Waals surface area contributed by atoms with Crippen molar-refractivity contribution in [2.45, 2.75) is 38.6 Å². The van der Waals surface area contributed by atoms with Crippen molar-refractivity contribution in [1.82, 2.24) is 20.0 Å². The molecule has 2 saturated heterocycles. The Labute approximate surface area is 217 Å². The first kappa shape index (κ1) is 25.4. The van der Waals surface area contributed by atoms with Gasteiger partial charge in [0.1, 0.15) is 18.4 Å². The van der Waals surface area contributed by atoms with E-state index in [0.717, 1.165) is 57.0 Å².